The van der Waals surface area contributed by atoms with Gasteiger partial charge in [-0.15, -0.1) is 0 Å². The van der Waals surface area contributed by atoms with Gasteiger partial charge in [-0.1, -0.05) is 13.8 Å². The van der Waals surface area contributed by atoms with Crippen LogP contribution in [-0.2, 0) is 9.59 Å². The van der Waals surface area contributed by atoms with E-state index in [1.807, 2.05) is 13.8 Å². The highest BCUT2D eigenvalue weighted by molar-refractivity contribution is 5.91. The molecule has 0 unspecified atom stereocenters. The Morgan fingerprint density at radius 3 is 2.29 bits per heavy atom. The summed E-state index contributed by atoms with van der Waals surface area (Å²) in [6, 6.07) is 0. The number of aliphatic carboxylic acids is 1. The predicted octanol–water partition coefficient (Wildman–Crippen LogP) is 0.622. The second-order valence-electron chi connectivity index (χ2n) is 5.19. The fourth-order valence-corrected chi connectivity index (χ4v) is 2.32. The third-order valence-electron chi connectivity index (χ3n) is 3.51. The number of carboxylic acid groups (broad SMARTS) is 1. The Kier molecular flexibility index (Phi) is 4.51. The van der Waals surface area contributed by atoms with E-state index in [1.165, 1.54) is 0 Å². The van der Waals surface area contributed by atoms with E-state index in [2.05, 4.69) is 5.32 Å². The lowest BCUT2D eigenvalue weighted by molar-refractivity contribution is -0.140. The number of rotatable bonds is 7. The van der Waals surface area contributed by atoms with Crippen molar-refractivity contribution in [1.29, 1.82) is 0 Å². The Bertz CT molecular complexity index is 301. The number of carboxylic acids is 1. The molecule has 1 aliphatic rings. The summed E-state index contributed by atoms with van der Waals surface area (Å²) in [5.74, 6) is -2.01. The van der Waals surface area contributed by atoms with Crippen molar-refractivity contribution in [3.8, 4) is 0 Å². The molecule has 1 amide bonds. The minimum absolute atomic E-state index is 0.161. The fourth-order valence-electron chi connectivity index (χ4n) is 2.32. The zero-order valence-electron chi connectivity index (χ0n) is 10.4. The van der Waals surface area contributed by atoms with Gasteiger partial charge in [0, 0.05) is 13.2 Å². The molecule has 1 aliphatic carbocycles. The third kappa shape index (κ3) is 3.19. The van der Waals surface area contributed by atoms with E-state index in [0.717, 1.165) is 19.3 Å². The second kappa shape index (κ2) is 5.49. The first kappa shape index (κ1) is 14.0. The van der Waals surface area contributed by atoms with E-state index in [-0.39, 0.29) is 12.5 Å². The molecule has 1 rings (SSSR count). The molecule has 5 heteroatoms. The molecule has 98 valence electrons. The number of hydrogen-bond acceptors (Lipinski definition) is 3. The van der Waals surface area contributed by atoms with E-state index < -0.39 is 23.2 Å². The number of unbranched alkanes of at least 4 members (excludes halogenated alkanes) is 2. The van der Waals surface area contributed by atoms with E-state index in [4.69, 9.17) is 10.2 Å². The molecule has 5 nitrogen and oxygen atoms in total. The van der Waals surface area contributed by atoms with Crippen LogP contribution in [0.4, 0.5) is 0 Å². The molecule has 0 bridgehead atoms. The molecule has 17 heavy (non-hydrogen) atoms. The summed E-state index contributed by atoms with van der Waals surface area (Å²) in [7, 11) is 0. The van der Waals surface area contributed by atoms with Gasteiger partial charge in [0.25, 0.3) is 0 Å². The number of aliphatic hydroxyl groups excluding tert-OH is 1. The molecule has 0 aliphatic heterocycles. The summed E-state index contributed by atoms with van der Waals surface area (Å²) in [6.07, 6.45) is 2.42. The monoisotopic (exact) mass is 243 g/mol. The summed E-state index contributed by atoms with van der Waals surface area (Å²) in [5, 5.41) is 20.3. The Morgan fingerprint density at radius 1 is 1.18 bits per heavy atom. The largest absolute Gasteiger partial charge is 0.481 e. The maximum absolute atomic E-state index is 11.7. The van der Waals surface area contributed by atoms with Gasteiger partial charge in [-0.25, -0.2) is 0 Å². The molecule has 0 heterocycles. The summed E-state index contributed by atoms with van der Waals surface area (Å²) in [6.45, 7) is 4.34. The van der Waals surface area contributed by atoms with Crippen LogP contribution in [0.1, 0.15) is 33.1 Å². The minimum atomic E-state index is -0.893. The molecule has 0 aromatic heterocycles. The highest BCUT2D eigenvalue weighted by atomic mass is 16.4. The minimum Gasteiger partial charge on any atom is -0.481 e. The van der Waals surface area contributed by atoms with Gasteiger partial charge in [0.15, 0.2) is 0 Å². The third-order valence-corrected chi connectivity index (χ3v) is 3.51. The topological polar surface area (TPSA) is 86.6 Å². The molecular formula is C12H21NO4. The van der Waals surface area contributed by atoms with Crippen molar-refractivity contribution in [2.75, 3.05) is 13.2 Å². The Labute approximate surface area is 101 Å². The van der Waals surface area contributed by atoms with E-state index in [1.54, 1.807) is 0 Å². The van der Waals surface area contributed by atoms with E-state index in [0.29, 0.717) is 6.54 Å². The quantitative estimate of drug-likeness (QED) is 0.572. The van der Waals surface area contributed by atoms with Gasteiger partial charge in [0.05, 0.1) is 11.8 Å². The van der Waals surface area contributed by atoms with Gasteiger partial charge in [-0.3, -0.25) is 9.59 Å². The first-order valence-corrected chi connectivity index (χ1v) is 6.04. The van der Waals surface area contributed by atoms with Gasteiger partial charge in [0.2, 0.25) is 5.91 Å². The molecule has 0 aromatic rings. The fraction of sp³-hybridized carbons (Fsp3) is 0.833. The normalized spacial score (nSPS) is 25.4. The summed E-state index contributed by atoms with van der Waals surface area (Å²) < 4.78 is 0. The van der Waals surface area contributed by atoms with Gasteiger partial charge in [0.1, 0.15) is 0 Å². The van der Waals surface area contributed by atoms with Crippen LogP contribution in [0.15, 0.2) is 0 Å². The van der Waals surface area contributed by atoms with Crippen LogP contribution in [-0.4, -0.2) is 35.2 Å². The zero-order chi connectivity index (χ0) is 13.1. The van der Waals surface area contributed by atoms with Gasteiger partial charge >= 0.3 is 5.97 Å². The number of aliphatic hydroxyl groups is 1. The highest BCUT2D eigenvalue weighted by Crippen LogP contribution is 2.58. The molecule has 2 atom stereocenters. The number of carbonyl (C=O) groups excluding carboxylic acids is 1. The highest BCUT2D eigenvalue weighted by Gasteiger charge is 2.65. The van der Waals surface area contributed by atoms with Crippen molar-refractivity contribution in [1.82, 2.24) is 5.32 Å². The maximum Gasteiger partial charge on any atom is 0.307 e. The lowest BCUT2D eigenvalue weighted by Gasteiger charge is -2.05. The Morgan fingerprint density at radius 2 is 1.82 bits per heavy atom. The first-order valence-electron chi connectivity index (χ1n) is 6.04. The number of carbonyl (C=O) groups is 2. The van der Waals surface area contributed by atoms with Crippen LogP contribution >= 0.6 is 0 Å². The van der Waals surface area contributed by atoms with Crippen molar-refractivity contribution in [2.24, 2.45) is 17.3 Å². The average molecular weight is 243 g/mol. The lowest BCUT2D eigenvalue weighted by Crippen LogP contribution is -2.28. The summed E-state index contributed by atoms with van der Waals surface area (Å²) in [4.78, 5) is 22.6. The van der Waals surface area contributed by atoms with Crippen LogP contribution in [0, 0.1) is 17.3 Å². The van der Waals surface area contributed by atoms with Crippen molar-refractivity contribution < 1.29 is 19.8 Å². The first-order chi connectivity index (χ1) is 7.92. The van der Waals surface area contributed by atoms with Crippen LogP contribution < -0.4 is 5.32 Å². The standard InChI is InChI=1S/C12H21NO4/c1-12(2)8(9(12)11(16)17)10(15)13-6-4-3-5-7-14/h8-9,14H,3-7H2,1-2H3,(H,13,15)(H,16,17)/t8-,9+/m1/s1. The van der Waals surface area contributed by atoms with Crippen LogP contribution in [0.2, 0.25) is 0 Å². The number of amides is 1. The molecule has 1 saturated carbocycles. The zero-order valence-corrected chi connectivity index (χ0v) is 10.4. The number of nitrogens with one attached hydrogen (secondary N) is 1. The molecule has 0 radical (unpaired) electrons. The van der Waals surface area contributed by atoms with Gasteiger partial charge in [-0.05, 0) is 24.7 Å². The molecule has 0 saturated heterocycles. The molecule has 0 spiro atoms. The Balaban J connectivity index is 2.28. The molecular weight excluding hydrogens is 222 g/mol. The number of hydrogen-bond donors (Lipinski definition) is 3. The van der Waals surface area contributed by atoms with Crippen LogP contribution in [0.25, 0.3) is 0 Å². The van der Waals surface area contributed by atoms with Crippen LogP contribution in [0.3, 0.4) is 0 Å². The predicted molar refractivity (Wildman–Crippen MR) is 62.3 cm³/mol. The van der Waals surface area contributed by atoms with Crippen LogP contribution in [0.5, 0.6) is 0 Å². The summed E-state index contributed by atoms with van der Waals surface area (Å²) >= 11 is 0. The van der Waals surface area contributed by atoms with Gasteiger partial charge < -0.3 is 15.5 Å². The van der Waals surface area contributed by atoms with Gasteiger partial charge in [-0.2, -0.15) is 0 Å². The molecule has 3 N–H and O–H groups in total. The average Bonchev–Trinajstić information content (AvgIpc) is 2.81. The smallest absolute Gasteiger partial charge is 0.307 e. The maximum atomic E-state index is 11.7. The molecule has 1 fully saturated rings. The second-order valence-corrected chi connectivity index (χ2v) is 5.19. The summed E-state index contributed by atoms with van der Waals surface area (Å²) in [5.41, 5.74) is -0.430. The van der Waals surface area contributed by atoms with Crippen molar-refractivity contribution in [2.45, 2.75) is 33.1 Å². The van der Waals surface area contributed by atoms with Crippen molar-refractivity contribution in [3.63, 3.8) is 0 Å². The SMILES string of the molecule is CC1(C)[C@H](C(=O)O)[C@@H]1C(=O)NCCCCCO. The Hall–Kier alpha value is -1.10. The lowest BCUT2D eigenvalue weighted by atomic mass is 10.1. The van der Waals surface area contributed by atoms with Crippen molar-refractivity contribution >= 4 is 11.9 Å². The van der Waals surface area contributed by atoms with E-state index in [9.17, 15) is 9.59 Å². The molecule has 0 aromatic carbocycles. The van der Waals surface area contributed by atoms with Crippen molar-refractivity contribution in [3.05, 3.63) is 0 Å². The van der Waals surface area contributed by atoms with E-state index >= 15 is 0 Å².